The molecule has 0 aliphatic carbocycles. The highest BCUT2D eigenvalue weighted by atomic mass is 16.1. The fraction of sp³-hybridized carbons (Fsp3) is 0.308. The molecule has 0 atom stereocenters. The number of nitrogens with zero attached hydrogens (tertiary/aromatic N) is 3. The van der Waals surface area contributed by atoms with Crippen molar-refractivity contribution < 1.29 is 4.79 Å². The van der Waals surface area contributed by atoms with Crippen LogP contribution in [0.25, 0.3) is 11.3 Å². The summed E-state index contributed by atoms with van der Waals surface area (Å²) in [6.07, 6.45) is 1.76. The number of hydrogen-bond acceptors (Lipinski definition) is 4. The van der Waals surface area contributed by atoms with Crippen molar-refractivity contribution in [1.29, 1.82) is 0 Å². The first-order valence-corrected chi connectivity index (χ1v) is 5.98. The Balaban J connectivity index is 1.94. The number of hydrogen-bond donors (Lipinski definition) is 1. The number of rotatable bonds is 3. The predicted octanol–water partition coefficient (Wildman–Crippen LogP) is 1.29. The van der Waals surface area contributed by atoms with Gasteiger partial charge < -0.3 is 5.32 Å². The summed E-state index contributed by atoms with van der Waals surface area (Å²) in [7, 11) is 0. The molecule has 0 unspecified atom stereocenters. The second-order valence-electron chi connectivity index (χ2n) is 4.51. The lowest BCUT2D eigenvalue weighted by Crippen LogP contribution is -2.44. The molecule has 1 N–H and O–H groups in total. The number of Topliss-reactive ketones (excluding diaryl/α,β-unsaturated/α-hetero) is 1. The lowest BCUT2D eigenvalue weighted by atomic mass is 10.1. The van der Waals surface area contributed by atoms with Crippen LogP contribution in [-0.4, -0.2) is 33.9 Å². The van der Waals surface area contributed by atoms with E-state index in [0.29, 0.717) is 6.04 Å². The van der Waals surface area contributed by atoms with Crippen LogP contribution in [0.5, 0.6) is 0 Å². The molecule has 5 heteroatoms. The van der Waals surface area contributed by atoms with E-state index in [-0.39, 0.29) is 5.78 Å². The third kappa shape index (κ3) is 1.82. The number of carbonyl (C=O) groups excluding carboxylic acids is 1. The van der Waals surface area contributed by atoms with Gasteiger partial charge in [-0.1, -0.05) is 29.5 Å². The Labute approximate surface area is 105 Å². The van der Waals surface area contributed by atoms with Gasteiger partial charge in [0.2, 0.25) is 0 Å². The molecule has 0 radical (unpaired) electrons. The third-order valence-corrected chi connectivity index (χ3v) is 3.27. The Morgan fingerprint density at radius 2 is 2.06 bits per heavy atom. The summed E-state index contributed by atoms with van der Waals surface area (Å²) in [5, 5.41) is 11.3. The molecule has 92 valence electrons. The minimum absolute atomic E-state index is 0.0800. The van der Waals surface area contributed by atoms with E-state index < -0.39 is 0 Å². The van der Waals surface area contributed by atoms with E-state index in [1.807, 2.05) is 28.9 Å². The highest BCUT2D eigenvalue weighted by Crippen LogP contribution is 2.23. The normalized spacial score (nSPS) is 15.4. The smallest absolute Gasteiger partial charge is 0.159 e. The average Bonchev–Trinajstić information content (AvgIpc) is 2.76. The predicted molar refractivity (Wildman–Crippen MR) is 67.4 cm³/mol. The first kappa shape index (κ1) is 11.1. The molecule has 0 amide bonds. The van der Waals surface area contributed by atoms with E-state index in [2.05, 4.69) is 15.6 Å². The largest absolute Gasteiger partial charge is 0.312 e. The van der Waals surface area contributed by atoms with E-state index in [1.165, 1.54) is 0 Å². The van der Waals surface area contributed by atoms with Crippen LogP contribution in [0.15, 0.2) is 30.5 Å². The summed E-state index contributed by atoms with van der Waals surface area (Å²) < 4.78 is 1.94. The summed E-state index contributed by atoms with van der Waals surface area (Å²) >= 11 is 0. The topological polar surface area (TPSA) is 59.8 Å². The molecule has 0 bridgehead atoms. The third-order valence-electron chi connectivity index (χ3n) is 3.27. The Morgan fingerprint density at radius 3 is 2.61 bits per heavy atom. The quantitative estimate of drug-likeness (QED) is 0.824. The maximum atomic E-state index is 11.2. The average molecular weight is 242 g/mol. The fourth-order valence-corrected chi connectivity index (χ4v) is 2.04. The summed E-state index contributed by atoms with van der Waals surface area (Å²) in [6, 6.07) is 7.95. The molecule has 5 nitrogen and oxygen atoms in total. The van der Waals surface area contributed by atoms with E-state index in [1.54, 1.807) is 13.1 Å². The van der Waals surface area contributed by atoms with Gasteiger partial charge in [0.1, 0.15) is 0 Å². The molecular formula is C13H14N4O. The van der Waals surface area contributed by atoms with Crippen molar-refractivity contribution in [3.8, 4) is 11.3 Å². The van der Waals surface area contributed by atoms with Crippen LogP contribution in [0.3, 0.4) is 0 Å². The zero-order valence-corrected chi connectivity index (χ0v) is 10.1. The second kappa shape index (κ2) is 4.34. The van der Waals surface area contributed by atoms with Gasteiger partial charge in [0, 0.05) is 24.2 Å². The minimum atomic E-state index is 0.0800. The number of benzene rings is 1. The highest BCUT2D eigenvalue weighted by molar-refractivity contribution is 5.94. The molecule has 2 heterocycles. The van der Waals surface area contributed by atoms with Crippen LogP contribution in [0.4, 0.5) is 0 Å². The first-order chi connectivity index (χ1) is 8.75. The van der Waals surface area contributed by atoms with Crippen molar-refractivity contribution in [3.05, 3.63) is 36.0 Å². The van der Waals surface area contributed by atoms with Crippen molar-refractivity contribution in [3.63, 3.8) is 0 Å². The zero-order valence-electron chi connectivity index (χ0n) is 10.1. The Kier molecular flexibility index (Phi) is 2.68. The van der Waals surface area contributed by atoms with Crippen molar-refractivity contribution in [2.24, 2.45) is 0 Å². The van der Waals surface area contributed by atoms with Crippen molar-refractivity contribution in [1.82, 2.24) is 20.3 Å². The monoisotopic (exact) mass is 242 g/mol. The molecule has 1 fully saturated rings. The molecule has 18 heavy (non-hydrogen) atoms. The molecule has 1 aromatic carbocycles. The summed E-state index contributed by atoms with van der Waals surface area (Å²) in [5.74, 6) is 0.0800. The van der Waals surface area contributed by atoms with Crippen molar-refractivity contribution in [2.75, 3.05) is 13.1 Å². The van der Waals surface area contributed by atoms with Gasteiger partial charge in [-0.2, -0.15) is 0 Å². The number of ketones is 1. The lowest BCUT2D eigenvalue weighted by Gasteiger charge is -2.28. The number of aromatic nitrogens is 3. The molecular weight excluding hydrogens is 228 g/mol. The molecule has 3 rings (SSSR count). The standard InChI is InChI=1S/C13H14N4O/c1-9(18)10-2-4-11(5-3-10)13-8-15-16-17(13)12-6-14-7-12/h2-5,8,12,14H,6-7H2,1H3. The maximum Gasteiger partial charge on any atom is 0.159 e. The van der Waals surface area contributed by atoms with Crippen LogP contribution in [0.1, 0.15) is 23.3 Å². The number of carbonyl (C=O) groups is 1. The summed E-state index contributed by atoms with van der Waals surface area (Å²) in [4.78, 5) is 11.2. The number of nitrogens with one attached hydrogen (secondary N) is 1. The van der Waals surface area contributed by atoms with Crippen LogP contribution in [0.2, 0.25) is 0 Å². The van der Waals surface area contributed by atoms with Crippen molar-refractivity contribution in [2.45, 2.75) is 13.0 Å². The van der Waals surface area contributed by atoms with E-state index >= 15 is 0 Å². The Morgan fingerprint density at radius 1 is 1.33 bits per heavy atom. The summed E-state index contributed by atoms with van der Waals surface area (Å²) in [5.41, 5.74) is 2.76. The first-order valence-electron chi connectivity index (χ1n) is 5.98. The molecule has 1 aromatic heterocycles. The Hall–Kier alpha value is -2.01. The van der Waals surface area contributed by atoms with Gasteiger partial charge in [-0.3, -0.25) is 4.79 Å². The highest BCUT2D eigenvalue weighted by Gasteiger charge is 2.22. The van der Waals surface area contributed by atoms with E-state index in [9.17, 15) is 4.79 Å². The van der Waals surface area contributed by atoms with Crippen LogP contribution in [0, 0.1) is 0 Å². The van der Waals surface area contributed by atoms with Crippen LogP contribution < -0.4 is 5.32 Å². The molecule has 0 spiro atoms. The minimum Gasteiger partial charge on any atom is -0.312 e. The molecule has 1 aliphatic heterocycles. The zero-order chi connectivity index (χ0) is 12.5. The van der Waals surface area contributed by atoms with E-state index in [4.69, 9.17) is 0 Å². The van der Waals surface area contributed by atoms with Gasteiger partial charge in [0.05, 0.1) is 17.9 Å². The van der Waals surface area contributed by atoms with Gasteiger partial charge in [0.25, 0.3) is 0 Å². The lowest BCUT2D eigenvalue weighted by molar-refractivity contribution is 0.101. The van der Waals surface area contributed by atoms with Gasteiger partial charge in [0.15, 0.2) is 5.78 Å². The molecule has 1 saturated heterocycles. The van der Waals surface area contributed by atoms with E-state index in [0.717, 1.165) is 29.9 Å². The van der Waals surface area contributed by atoms with Crippen molar-refractivity contribution >= 4 is 5.78 Å². The van der Waals surface area contributed by atoms with Gasteiger partial charge in [-0.05, 0) is 6.92 Å². The van der Waals surface area contributed by atoms with Crippen LogP contribution >= 0.6 is 0 Å². The van der Waals surface area contributed by atoms with Gasteiger partial charge in [-0.15, -0.1) is 5.10 Å². The SMILES string of the molecule is CC(=O)c1ccc(-c2cnnn2C2CNC2)cc1. The Bertz CT molecular complexity index is 569. The fourth-order valence-electron chi connectivity index (χ4n) is 2.04. The van der Waals surface area contributed by atoms with Gasteiger partial charge >= 0.3 is 0 Å². The summed E-state index contributed by atoms with van der Waals surface area (Å²) in [6.45, 7) is 3.44. The molecule has 2 aromatic rings. The molecule has 0 saturated carbocycles. The molecule has 1 aliphatic rings. The van der Waals surface area contributed by atoms with Crippen LogP contribution in [-0.2, 0) is 0 Å². The maximum absolute atomic E-state index is 11.2. The second-order valence-corrected chi connectivity index (χ2v) is 4.51. The van der Waals surface area contributed by atoms with Gasteiger partial charge in [-0.25, -0.2) is 4.68 Å².